The zero-order chi connectivity index (χ0) is 25.0. The van der Waals surface area contributed by atoms with Crippen LogP contribution < -0.4 is 10.2 Å². The summed E-state index contributed by atoms with van der Waals surface area (Å²) in [5.74, 6) is -1.18. The van der Waals surface area contributed by atoms with E-state index in [0.717, 1.165) is 71.7 Å². The standard InChI is InChI=1S/C28H37F2N5/c1-20(2)7-8-24-17-23-16-22(11-12-28(29,30)13-14-31-4)18-33-27(23)35(24)25-9-10-26(32-19-25)34-15-5-6-21(34)3/h9-10,16-20,31H,3,5-8,11-15H2,1-2,4H3. The van der Waals surface area contributed by atoms with Crippen LogP contribution in [0.25, 0.3) is 16.7 Å². The van der Waals surface area contributed by atoms with Gasteiger partial charge in [-0.3, -0.25) is 4.57 Å². The van der Waals surface area contributed by atoms with Gasteiger partial charge in [-0.1, -0.05) is 20.4 Å². The van der Waals surface area contributed by atoms with Crippen LogP contribution in [0.2, 0.25) is 0 Å². The van der Waals surface area contributed by atoms with Crippen molar-refractivity contribution in [2.24, 2.45) is 5.92 Å². The van der Waals surface area contributed by atoms with E-state index in [1.54, 1.807) is 13.2 Å². The molecule has 0 spiro atoms. The van der Waals surface area contributed by atoms with E-state index in [0.29, 0.717) is 18.9 Å². The van der Waals surface area contributed by atoms with Crippen molar-refractivity contribution in [3.63, 3.8) is 0 Å². The summed E-state index contributed by atoms with van der Waals surface area (Å²) in [6.45, 7) is 9.86. The Labute approximate surface area is 207 Å². The average molecular weight is 482 g/mol. The second-order valence-corrected chi connectivity index (χ2v) is 10.1. The highest BCUT2D eigenvalue weighted by molar-refractivity contribution is 5.80. The van der Waals surface area contributed by atoms with Gasteiger partial charge < -0.3 is 10.2 Å². The Morgan fingerprint density at radius 3 is 2.60 bits per heavy atom. The highest BCUT2D eigenvalue weighted by Crippen LogP contribution is 2.30. The highest BCUT2D eigenvalue weighted by Gasteiger charge is 2.27. The van der Waals surface area contributed by atoms with Crippen LogP contribution in [0, 0.1) is 5.92 Å². The molecule has 188 valence electrons. The van der Waals surface area contributed by atoms with Gasteiger partial charge in [-0.05, 0) is 74.9 Å². The van der Waals surface area contributed by atoms with Crippen LogP contribution in [0.4, 0.5) is 14.6 Å². The van der Waals surface area contributed by atoms with Crippen molar-refractivity contribution in [1.82, 2.24) is 19.9 Å². The van der Waals surface area contributed by atoms with E-state index < -0.39 is 5.92 Å². The third kappa shape index (κ3) is 6.07. The SMILES string of the molecule is C=C1CCCN1c1ccc(-n2c(CCC(C)C)cc3cc(CCC(F)(F)CCNC)cnc32)cn1. The largest absolute Gasteiger partial charge is 0.331 e. The minimum atomic E-state index is -2.68. The molecule has 4 rings (SSSR count). The van der Waals surface area contributed by atoms with E-state index in [1.165, 1.54) is 0 Å². The first-order valence-corrected chi connectivity index (χ1v) is 12.7. The van der Waals surface area contributed by atoms with Gasteiger partial charge in [0.1, 0.15) is 11.5 Å². The Balaban J connectivity index is 1.62. The Hall–Kier alpha value is -2.80. The molecule has 35 heavy (non-hydrogen) atoms. The molecule has 0 aliphatic carbocycles. The summed E-state index contributed by atoms with van der Waals surface area (Å²) in [5, 5.41) is 3.79. The molecule has 7 heteroatoms. The molecule has 5 nitrogen and oxygen atoms in total. The fraction of sp³-hybridized carbons (Fsp3) is 0.500. The zero-order valence-corrected chi connectivity index (χ0v) is 21.2. The number of halogens is 2. The van der Waals surface area contributed by atoms with Crippen LogP contribution in [-0.2, 0) is 12.8 Å². The van der Waals surface area contributed by atoms with Gasteiger partial charge >= 0.3 is 0 Å². The predicted molar refractivity (Wildman–Crippen MR) is 140 cm³/mol. The molecule has 1 N–H and O–H groups in total. The van der Waals surface area contributed by atoms with Gasteiger partial charge in [0.25, 0.3) is 0 Å². The van der Waals surface area contributed by atoms with Crippen LogP contribution in [-0.4, -0.2) is 40.6 Å². The molecule has 4 heterocycles. The number of allylic oxidation sites excluding steroid dienone is 1. The van der Waals surface area contributed by atoms with Gasteiger partial charge in [0, 0.05) is 48.9 Å². The van der Waals surface area contributed by atoms with Gasteiger partial charge in [-0.25, -0.2) is 18.7 Å². The molecular weight excluding hydrogens is 444 g/mol. The van der Waals surface area contributed by atoms with Gasteiger partial charge in [-0.15, -0.1) is 0 Å². The van der Waals surface area contributed by atoms with E-state index in [4.69, 9.17) is 9.97 Å². The number of nitrogens with zero attached hydrogens (tertiary/aromatic N) is 4. The number of alkyl halides is 2. The number of fused-ring (bicyclic) bond motifs is 1. The van der Waals surface area contributed by atoms with E-state index >= 15 is 0 Å². The highest BCUT2D eigenvalue weighted by atomic mass is 19.3. The summed E-state index contributed by atoms with van der Waals surface area (Å²) in [5.41, 5.74) is 4.92. The lowest BCUT2D eigenvalue weighted by Crippen LogP contribution is -2.23. The number of aryl methyl sites for hydroxylation is 2. The molecular formula is C28H37F2N5. The molecule has 1 aliphatic heterocycles. The molecule has 0 atom stereocenters. The van der Waals surface area contributed by atoms with Crippen LogP contribution in [0.15, 0.2) is 48.9 Å². The number of aromatic nitrogens is 3. The van der Waals surface area contributed by atoms with Crippen molar-refractivity contribution < 1.29 is 8.78 Å². The number of nitrogens with one attached hydrogen (secondary N) is 1. The topological polar surface area (TPSA) is 46.0 Å². The van der Waals surface area contributed by atoms with E-state index in [1.807, 2.05) is 18.3 Å². The second-order valence-electron chi connectivity index (χ2n) is 10.1. The van der Waals surface area contributed by atoms with Gasteiger partial charge in [0.05, 0.1) is 11.9 Å². The van der Waals surface area contributed by atoms with Crippen LogP contribution in [0.5, 0.6) is 0 Å². The van der Waals surface area contributed by atoms with Crippen LogP contribution in [0.3, 0.4) is 0 Å². The fourth-order valence-corrected chi connectivity index (χ4v) is 4.68. The van der Waals surface area contributed by atoms with Crippen molar-refractivity contribution in [2.75, 3.05) is 25.0 Å². The quantitative estimate of drug-likeness (QED) is 0.349. The van der Waals surface area contributed by atoms with Crippen molar-refractivity contribution in [1.29, 1.82) is 0 Å². The maximum Gasteiger partial charge on any atom is 0.249 e. The summed E-state index contributed by atoms with van der Waals surface area (Å²) >= 11 is 0. The first-order valence-electron chi connectivity index (χ1n) is 12.7. The molecule has 0 amide bonds. The smallest absolute Gasteiger partial charge is 0.249 e. The Morgan fingerprint density at radius 2 is 1.94 bits per heavy atom. The minimum Gasteiger partial charge on any atom is -0.331 e. The summed E-state index contributed by atoms with van der Waals surface area (Å²) in [7, 11) is 1.70. The normalized spacial score (nSPS) is 14.6. The molecule has 1 fully saturated rings. The second kappa shape index (κ2) is 10.9. The number of hydrogen-bond donors (Lipinski definition) is 1. The van der Waals surface area contributed by atoms with E-state index in [-0.39, 0.29) is 12.8 Å². The lowest BCUT2D eigenvalue weighted by Gasteiger charge is -2.19. The molecule has 0 unspecified atom stereocenters. The number of hydrogen-bond acceptors (Lipinski definition) is 4. The summed E-state index contributed by atoms with van der Waals surface area (Å²) in [6, 6.07) is 8.31. The first kappa shape index (κ1) is 25.3. The van der Waals surface area contributed by atoms with Crippen molar-refractivity contribution >= 4 is 16.9 Å². The number of anilines is 1. The van der Waals surface area contributed by atoms with Crippen LogP contribution >= 0.6 is 0 Å². The molecule has 0 radical (unpaired) electrons. The maximum absolute atomic E-state index is 14.2. The number of pyridine rings is 2. The van der Waals surface area contributed by atoms with Crippen molar-refractivity contribution in [3.05, 3.63) is 60.2 Å². The summed E-state index contributed by atoms with van der Waals surface area (Å²) in [6.07, 6.45) is 7.72. The molecule has 3 aromatic rings. The van der Waals surface area contributed by atoms with E-state index in [9.17, 15) is 8.78 Å². The lowest BCUT2D eigenvalue weighted by molar-refractivity contribution is -0.0148. The third-order valence-electron chi connectivity index (χ3n) is 6.77. The zero-order valence-electron chi connectivity index (χ0n) is 21.2. The molecule has 3 aromatic heterocycles. The van der Waals surface area contributed by atoms with Gasteiger partial charge in [-0.2, -0.15) is 0 Å². The monoisotopic (exact) mass is 481 g/mol. The fourth-order valence-electron chi connectivity index (χ4n) is 4.68. The maximum atomic E-state index is 14.2. The summed E-state index contributed by atoms with van der Waals surface area (Å²) < 4.78 is 30.5. The Kier molecular flexibility index (Phi) is 7.85. The average Bonchev–Trinajstić information content (AvgIpc) is 3.43. The minimum absolute atomic E-state index is 0.150. The predicted octanol–water partition coefficient (Wildman–Crippen LogP) is 6.30. The Bertz CT molecular complexity index is 1150. The number of rotatable bonds is 11. The van der Waals surface area contributed by atoms with Gasteiger partial charge in [0.15, 0.2) is 0 Å². The van der Waals surface area contributed by atoms with E-state index in [2.05, 4.69) is 47.3 Å². The third-order valence-corrected chi connectivity index (χ3v) is 6.77. The molecule has 0 saturated carbocycles. The molecule has 1 saturated heterocycles. The van der Waals surface area contributed by atoms with Crippen LogP contribution in [0.1, 0.15) is 57.2 Å². The van der Waals surface area contributed by atoms with Gasteiger partial charge in [0.2, 0.25) is 5.92 Å². The molecule has 1 aliphatic rings. The Morgan fingerprint density at radius 1 is 1.11 bits per heavy atom. The lowest BCUT2D eigenvalue weighted by atomic mass is 10.0. The summed E-state index contributed by atoms with van der Waals surface area (Å²) in [4.78, 5) is 11.6. The van der Waals surface area contributed by atoms with Crippen molar-refractivity contribution in [2.45, 2.75) is 64.7 Å². The van der Waals surface area contributed by atoms with Crippen molar-refractivity contribution in [3.8, 4) is 5.69 Å². The first-order chi connectivity index (χ1) is 16.8. The molecule has 0 aromatic carbocycles. The molecule has 0 bridgehead atoms.